The van der Waals surface area contributed by atoms with Gasteiger partial charge in [-0.15, -0.1) is 0 Å². The topological polar surface area (TPSA) is 84.2 Å². The summed E-state index contributed by atoms with van der Waals surface area (Å²) in [6, 6.07) is 9.32. The summed E-state index contributed by atoms with van der Waals surface area (Å²) in [7, 11) is 0. The molecule has 3 rings (SSSR count). The number of pyridine rings is 1. The number of rotatable bonds is 10. The molecule has 0 saturated heterocycles. The molecule has 0 unspecified atom stereocenters. The van der Waals surface area contributed by atoms with Gasteiger partial charge in [0, 0.05) is 43.8 Å². The fourth-order valence-electron chi connectivity index (χ4n) is 2.98. The van der Waals surface area contributed by atoms with Gasteiger partial charge in [-0.3, -0.25) is 9.78 Å². The normalized spacial score (nSPS) is 11.0. The maximum Gasteiger partial charge on any atom is 0.287 e. The molecule has 3 aromatic rings. The van der Waals surface area contributed by atoms with E-state index in [9.17, 15) is 4.79 Å². The molecule has 0 aliphatic rings. The van der Waals surface area contributed by atoms with E-state index in [-0.39, 0.29) is 5.91 Å². The number of hydrogen-bond donors (Lipinski definition) is 1. The maximum absolute atomic E-state index is 12.4. The average Bonchev–Trinajstić information content (AvgIpc) is 3.27. The van der Waals surface area contributed by atoms with Gasteiger partial charge in [0.25, 0.3) is 5.91 Å². The Kier molecular flexibility index (Phi) is 8.06. The summed E-state index contributed by atoms with van der Waals surface area (Å²) in [6.45, 7) is 10.7. The molecule has 0 saturated carbocycles. The van der Waals surface area contributed by atoms with Gasteiger partial charge in [0.05, 0.1) is 5.75 Å². The van der Waals surface area contributed by atoms with Gasteiger partial charge in [-0.1, -0.05) is 25.6 Å². The van der Waals surface area contributed by atoms with Crippen LogP contribution in [0.4, 0.5) is 5.82 Å². The molecule has 0 atom stereocenters. The Morgan fingerprint density at radius 2 is 1.87 bits per heavy atom. The van der Waals surface area contributed by atoms with Crippen LogP contribution in [0.25, 0.3) is 0 Å². The number of carbonyl (C=O) groups excluding carboxylic acids is 1. The molecule has 0 bridgehead atoms. The van der Waals surface area contributed by atoms with E-state index in [0.29, 0.717) is 34.9 Å². The number of aromatic nitrogens is 3. The fourth-order valence-corrected chi connectivity index (χ4v) is 3.74. The molecule has 164 valence electrons. The Hall–Kier alpha value is -2.87. The van der Waals surface area contributed by atoms with E-state index in [2.05, 4.69) is 49.0 Å². The largest absolute Gasteiger partial charge is 0.455 e. The van der Waals surface area contributed by atoms with Crippen LogP contribution in [0.1, 0.15) is 61.2 Å². The molecule has 1 amide bonds. The van der Waals surface area contributed by atoms with Crippen LogP contribution >= 0.6 is 11.8 Å². The monoisotopic (exact) mass is 439 g/mol. The van der Waals surface area contributed by atoms with Crippen LogP contribution in [0.2, 0.25) is 0 Å². The molecule has 0 aliphatic heterocycles. The molecule has 3 heterocycles. The lowest BCUT2D eigenvalue weighted by atomic mass is 10.1. The molecular weight excluding hydrogens is 410 g/mol. The highest BCUT2D eigenvalue weighted by Gasteiger charge is 2.14. The summed E-state index contributed by atoms with van der Waals surface area (Å²) in [6.07, 6.45) is 3.40. The summed E-state index contributed by atoms with van der Waals surface area (Å²) < 4.78 is 5.74. The van der Waals surface area contributed by atoms with Crippen LogP contribution in [-0.2, 0) is 12.3 Å². The van der Waals surface area contributed by atoms with Crippen molar-refractivity contribution in [2.24, 2.45) is 0 Å². The third-order valence-electron chi connectivity index (χ3n) is 4.82. The summed E-state index contributed by atoms with van der Waals surface area (Å²) in [5, 5.41) is 3.57. The molecule has 31 heavy (non-hydrogen) atoms. The minimum atomic E-state index is -0.241. The number of furan rings is 1. The number of carbonyl (C=O) groups is 1. The van der Waals surface area contributed by atoms with E-state index in [0.717, 1.165) is 30.2 Å². The van der Waals surface area contributed by atoms with Crippen molar-refractivity contribution >= 4 is 23.5 Å². The standard InChI is InChI=1S/C23H29N5O2S/c1-5-28(6-2)21-13-19(16(3)4)26-23(27-21)31-15-18-7-8-20(30-18)22(29)25-14-17-9-11-24-12-10-17/h7-13,16H,5-6,14-15H2,1-4H3,(H,25,29). The lowest BCUT2D eigenvalue weighted by molar-refractivity contribution is 0.0921. The number of amides is 1. The van der Waals surface area contributed by atoms with Crippen molar-refractivity contribution in [1.82, 2.24) is 20.3 Å². The molecule has 7 nitrogen and oxygen atoms in total. The number of nitrogens with one attached hydrogen (secondary N) is 1. The Bertz CT molecular complexity index is 987. The number of nitrogens with zero attached hydrogens (tertiary/aromatic N) is 4. The molecule has 0 spiro atoms. The van der Waals surface area contributed by atoms with E-state index in [1.165, 1.54) is 11.8 Å². The molecule has 0 radical (unpaired) electrons. The number of thioether (sulfide) groups is 1. The van der Waals surface area contributed by atoms with Gasteiger partial charge in [-0.25, -0.2) is 9.97 Å². The van der Waals surface area contributed by atoms with Gasteiger partial charge in [-0.2, -0.15) is 0 Å². The first kappa shape index (κ1) is 22.8. The predicted octanol–water partition coefficient (Wildman–Crippen LogP) is 4.66. The molecule has 0 aromatic carbocycles. The smallest absolute Gasteiger partial charge is 0.287 e. The van der Waals surface area contributed by atoms with E-state index in [1.54, 1.807) is 18.5 Å². The molecule has 1 N–H and O–H groups in total. The minimum absolute atomic E-state index is 0.241. The zero-order chi connectivity index (χ0) is 22.2. The highest BCUT2D eigenvalue weighted by Crippen LogP contribution is 2.26. The number of hydrogen-bond acceptors (Lipinski definition) is 7. The van der Waals surface area contributed by atoms with Crippen molar-refractivity contribution < 1.29 is 9.21 Å². The van der Waals surface area contributed by atoms with E-state index in [1.807, 2.05) is 18.2 Å². The molecule has 8 heteroatoms. The lowest BCUT2D eigenvalue weighted by Gasteiger charge is -2.21. The Labute approximate surface area is 187 Å². The Balaban J connectivity index is 1.63. The molecule has 3 aromatic heterocycles. The van der Waals surface area contributed by atoms with E-state index in [4.69, 9.17) is 14.4 Å². The highest BCUT2D eigenvalue weighted by molar-refractivity contribution is 7.98. The van der Waals surface area contributed by atoms with Crippen LogP contribution in [0, 0.1) is 0 Å². The number of anilines is 1. The van der Waals surface area contributed by atoms with Gasteiger partial charge < -0.3 is 14.6 Å². The molecular formula is C23H29N5O2S. The van der Waals surface area contributed by atoms with Crippen LogP contribution in [0.5, 0.6) is 0 Å². The molecule has 0 aliphatic carbocycles. The summed E-state index contributed by atoms with van der Waals surface area (Å²) in [5.41, 5.74) is 2.01. The lowest BCUT2D eigenvalue weighted by Crippen LogP contribution is -2.23. The van der Waals surface area contributed by atoms with Crippen LogP contribution in [0.15, 0.2) is 52.3 Å². The highest BCUT2D eigenvalue weighted by atomic mass is 32.2. The maximum atomic E-state index is 12.4. The predicted molar refractivity (Wildman–Crippen MR) is 123 cm³/mol. The minimum Gasteiger partial charge on any atom is -0.455 e. The van der Waals surface area contributed by atoms with Gasteiger partial charge in [0.15, 0.2) is 10.9 Å². The first-order valence-corrected chi connectivity index (χ1v) is 11.5. The third-order valence-corrected chi connectivity index (χ3v) is 5.69. The summed E-state index contributed by atoms with van der Waals surface area (Å²) >= 11 is 1.51. The van der Waals surface area contributed by atoms with Crippen molar-refractivity contribution in [2.45, 2.75) is 51.1 Å². The summed E-state index contributed by atoms with van der Waals surface area (Å²) in [5.74, 6) is 2.58. The Morgan fingerprint density at radius 1 is 1.13 bits per heavy atom. The van der Waals surface area contributed by atoms with Crippen molar-refractivity contribution in [1.29, 1.82) is 0 Å². The first-order chi connectivity index (χ1) is 15.0. The second-order valence-electron chi connectivity index (χ2n) is 7.35. The van der Waals surface area contributed by atoms with Crippen LogP contribution < -0.4 is 10.2 Å². The second kappa shape index (κ2) is 10.9. The van der Waals surface area contributed by atoms with Gasteiger partial charge >= 0.3 is 0 Å². The SMILES string of the molecule is CCN(CC)c1cc(C(C)C)nc(SCc2ccc(C(=O)NCc3ccncc3)o2)n1. The van der Waals surface area contributed by atoms with Gasteiger partial charge in [-0.05, 0) is 49.6 Å². The zero-order valence-electron chi connectivity index (χ0n) is 18.5. The van der Waals surface area contributed by atoms with Crippen molar-refractivity contribution in [3.8, 4) is 0 Å². The second-order valence-corrected chi connectivity index (χ2v) is 8.30. The first-order valence-electron chi connectivity index (χ1n) is 10.5. The van der Waals surface area contributed by atoms with E-state index < -0.39 is 0 Å². The van der Waals surface area contributed by atoms with Crippen molar-refractivity contribution in [3.05, 3.63) is 65.5 Å². The van der Waals surface area contributed by atoms with E-state index >= 15 is 0 Å². The van der Waals surface area contributed by atoms with Crippen molar-refractivity contribution in [2.75, 3.05) is 18.0 Å². The average molecular weight is 440 g/mol. The van der Waals surface area contributed by atoms with Crippen LogP contribution in [0.3, 0.4) is 0 Å². The van der Waals surface area contributed by atoms with Crippen molar-refractivity contribution in [3.63, 3.8) is 0 Å². The van der Waals surface area contributed by atoms with Gasteiger partial charge in [0.2, 0.25) is 0 Å². The Morgan fingerprint density at radius 3 is 2.55 bits per heavy atom. The zero-order valence-corrected chi connectivity index (χ0v) is 19.3. The molecule has 0 fully saturated rings. The fraction of sp³-hybridized carbons (Fsp3) is 0.391. The summed E-state index contributed by atoms with van der Waals surface area (Å²) in [4.78, 5) is 28.0. The van der Waals surface area contributed by atoms with Gasteiger partial charge in [0.1, 0.15) is 11.6 Å². The third kappa shape index (κ3) is 6.30. The van der Waals surface area contributed by atoms with Crippen LogP contribution in [-0.4, -0.2) is 33.9 Å². The quantitative estimate of drug-likeness (QED) is 0.363.